The van der Waals surface area contributed by atoms with E-state index >= 15 is 0 Å². The fourth-order valence-electron chi connectivity index (χ4n) is 3.84. The number of aromatic nitrogens is 1. The molecule has 2 heterocycles. The van der Waals surface area contributed by atoms with Crippen LogP contribution in [0.1, 0.15) is 41.6 Å². The SMILES string of the molecule is O=C(c1cc[n+]([O-])cc1)N1CCC[C@@](CO)(CCCc2ccccc2)C1. The lowest BCUT2D eigenvalue weighted by Gasteiger charge is -2.42. The highest BCUT2D eigenvalue weighted by atomic mass is 16.5. The third-order valence-corrected chi connectivity index (χ3v) is 5.35. The topological polar surface area (TPSA) is 67.5 Å². The second-order valence-electron chi connectivity index (χ2n) is 7.27. The van der Waals surface area contributed by atoms with E-state index in [1.54, 1.807) is 12.1 Å². The molecule has 0 saturated carbocycles. The van der Waals surface area contributed by atoms with Crippen LogP contribution in [0.3, 0.4) is 0 Å². The predicted molar refractivity (Wildman–Crippen MR) is 99.4 cm³/mol. The Morgan fingerprint density at radius 2 is 1.92 bits per heavy atom. The van der Waals surface area contributed by atoms with Gasteiger partial charge in [0.2, 0.25) is 0 Å². The van der Waals surface area contributed by atoms with Crippen LogP contribution in [-0.2, 0) is 6.42 Å². The fourth-order valence-corrected chi connectivity index (χ4v) is 3.84. The van der Waals surface area contributed by atoms with Crippen molar-refractivity contribution in [2.45, 2.75) is 32.1 Å². The maximum absolute atomic E-state index is 12.7. The lowest BCUT2D eigenvalue weighted by molar-refractivity contribution is -0.605. The zero-order chi connectivity index (χ0) is 18.4. The Labute approximate surface area is 154 Å². The van der Waals surface area contributed by atoms with Crippen LogP contribution in [-0.4, -0.2) is 35.6 Å². The third-order valence-electron chi connectivity index (χ3n) is 5.35. The van der Waals surface area contributed by atoms with Gasteiger partial charge in [0, 0.05) is 30.6 Å². The van der Waals surface area contributed by atoms with Gasteiger partial charge in [0.1, 0.15) is 0 Å². The van der Waals surface area contributed by atoms with E-state index < -0.39 is 0 Å². The highest BCUT2D eigenvalue weighted by Crippen LogP contribution is 2.35. The number of aliphatic hydroxyl groups excluding tert-OH is 1. The number of hydrogen-bond donors (Lipinski definition) is 1. The molecule has 138 valence electrons. The van der Waals surface area contributed by atoms with Crippen molar-refractivity contribution in [3.63, 3.8) is 0 Å². The number of piperidine rings is 1. The first-order chi connectivity index (χ1) is 12.6. The maximum atomic E-state index is 12.7. The van der Waals surface area contributed by atoms with Crippen molar-refractivity contribution >= 4 is 5.91 Å². The van der Waals surface area contributed by atoms with Crippen LogP contribution in [0.4, 0.5) is 0 Å². The molecule has 1 atom stereocenters. The monoisotopic (exact) mass is 354 g/mol. The number of carbonyl (C=O) groups is 1. The zero-order valence-electron chi connectivity index (χ0n) is 15.0. The quantitative estimate of drug-likeness (QED) is 0.640. The summed E-state index contributed by atoms with van der Waals surface area (Å²) >= 11 is 0. The van der Waals surface area contributed by atoms with Gasteiger partial charge in [-0.2, -0.15) is 4.73 Å². The van der Waals surface area contributed by atoms with E-state index in [4.69, 9.17) is 0 Å². The third kappa shape index (κ3) is 4.41. The maximum Gasteiger partial charge on any atom is 0.254 e. The summed E-state index contributed by atoms with van der Waals surface area (Å²) in [6, 6.07) is 13.5. The van der Waals surface area contributed by atoms with Crippen LogP contribution >= 0.6 is 0 Å². The molecule has 0 radical (unpaired) electrons. The largest absolute Gasteiger partial charge is 0.619 e. The van der Waals surface area contributed by atoms with Crippen molar-refractivity contribution < 1.29 is 14.6 Å². The molecule has 1 aromatic heterocycles. The van der Waals surface area contributed by atoms with Crippen molar-refractivity contribution in [1.29, 1.82) is 0 Å². The van der Waals surface area contributed by atoms with Gasteiger partial charge < -0.3 is 15.2 Å². The van der Waals surface area contributed by atoms with Crippen molar-refractivity contribution in [1.82, 2.24) is 4.90 Å². The average Bonchev–Trinajstić information content (AvgIpc) is 2.69. The molecule has 1 aliphatic rings. The van der Waals surface area contributed by atoms with E-state index in [-0.39, 0.29) is 17.9 Å². The van der Waals surface area contributed by atoms with Crippen LogP contribution in [0.5, 0.6) is 0 Å². The zero-order valence-corrected chi connectivity index (χ0v) is 15.0. The first kappa shape index (κ1) is 18.4. The number of nitrogens with zero attached hydrogens (tertiary/aromatic N) is 2. The molecule has 1 fully saturated rings. The summed E-state index contributed by atoms with van der Waals surface area (Å²) in [5.41, 5.74) is 1.60. The van der Waals surface area contributed by atoms with Crippen molar-refractivity contribution in [3.8, 4) is 0 Å². The van der Waals surface area contributed by atoms with Gasteiger partial charge in [-0.05, 0) is 37.7 Å². The van der Waals surface area contributed by atoms with Gasteiger partial charge in [0.05, 0.1) is 12.2 Å². The molecule has 0 aliphatic carbocycles. The smallest absolute Gasteiger partial charge is 0.254 e. The summed E-state index contributed by atoms with van der Waals surface area (Å²) in [7, 11) is 0. The molecular formula is C21H26N2O3. The van der Waals surface area contributed by atoms with Gasteiger partial charge in [0.25, 0.3) is 5.91 Å². The highest BCUT2D eigenvalue weighted by molar-refractivity contribution is 5.94. The molecule has 26 heavy (non-hydrogen) atoms. The van der Waals surface area contributed by atoms with E-state index in [1.807, 2.05) is 23.1 Å². The van der Waals surface area contributed by atoms with Crippen LogP contribution in [0.2, 0.25) is 0 Å². The Morgan fingerprint density at radius 3 is 2.62 bits per heavy atom. The molecule has 5 nitrogen and oxygen atoms in total. The number of aryl methyl sites for hydroxylation is 1. The normalized spacial score (nSPS) is 20.1. The minimum Gasteiger partial charge on any atom is -0.619 e. The minimum atomic E-state index is -0.226. The number of pyridine rings is 1. The number of likely N-dealkylation sites (tertiary alicyclic amines) is 1. The number of benzene rings is 1. The van der Waals surface area contributed by atoms with Gasteiger partial charge in [-0.25, -0.2) is 0 Å². The molecule has 1 amide bonds. The molecule has 1 saturated heterocycles. The first-order valence-electron chi connectivity index (χ1n) is 9.25. The number of rotatable bonds is 6. The van der Waals surface area contributed by atoms with Gasteiger partial charge >= 0.3 is 0 Å². The molecule has 2 aromatic rings. The van der Waals surface area contributed by atoms with Crippen molar-refractivity contribution in [2.75, 3.05) is 19.7 Å². The molecule has 5 heteroatoms. The molecule has 3 rings (SSSR count). The van der Waals surface area contributed by atoms with Gasteiger partial charge in [-0.15, -0.1) is 0 Å². The summed E-state index contributed by atoms with van der Waals surface area (Å²) < 4.78 is 0.675. The predicted octanol–water partition coefficient (Wildman–Crippen LogP) is 2.56. The Kier molecular flexibility index (Phi) is 5.89. The Bertz CT molecular complexity index is 718. The van der Waals surface area contributed by atoms with Crippen LogP contribution in [0, 0.1) is 10.6 Å². The molecule has 0 bridgehead atoms. The highest BCUT2D eigenvalue weighted by Gasteiger charge is 2.36. The lowest BCUT2D eigenvalue weighted by Crippen LogP contribution is -2.48. The van der Waals surface area contributed by atoms with Gasteiger partial charge in [-0.3, -0.25) is 4.79 Å². The molecule has 0 unspecified atom stereocenters. The van der Waals surface area contributed by atoms with Crippen molar-refractivity contribution in [3.05, 3.63) is 71.2 Å². The Morgan fingerprint density at radius 1 is 1.19 bits per heavy atom. The number of carbonyl (C=O) groups excluding carboxylic acids is 1. The Balaban J connectivity index is 1.62. The average molecular weight is 354 g/mol. The molecular weight excluding hydrogens is 328 g/mol. The fraction of sp³-hybridized carbons (Fsp3) is 0.429. The van der Waals surface area contributed by atoms with Crippen molar-refractivity contribution in [2.24, 2.45) is 5.41 Å². The standard InChI is InChI=1S/C21H26N2O3/c24-17-21(11-4-8-18-6-2-1-3-7-18)12-5-13-22(16-21)20(25)19-9-14-23(26)15-10-19/h1-3,6-7,9-10,14-15,24H,4-5,8,11-13,16-17H2/t21-/m0/s1. The second-order valence-corrected chi connectivity index (χ2v) is 7.27. The van der Waals surface area contributed by atoms with E-state index in [9.17, 15) is 15.1 Å². The van der Waals surface area contributed by atoms with Gasteiger partial charge in [0.15, 0.2) is 12.4 Å². The molecule has 1 aromatic carbocycles. The molecule has 1 N–H and O–H groups in total. The molecule has 0 spiro atoms. The van der Waals surface area contributed by atoms with Crippen LogP contribution in [0.15, 0.2) is 54.9 Å². The van der Waals surface area contributed by atoms with Gasteiger partial charge in [-0.1, -0.05) is 30.3 Å². The van der Waals surface area contributed by atoms with E-state index in [1.165, 1.54) is 18.0 Å². The number of hydrogen-bond acceptors (Lipinski definition) is 3. The minimum absolute atomic E-state index is 0.0637. The summed E-state index contributed by atoms with van der Waals surface area (Å²) in [6.07, 6.45) is 7.40. The second kappa shape index (κ2) is 8.32. The summed E-state index contributed by atoms with van der Waals surface area (Å²) in [6.45, 7) is 1.37. The first-order valence-corrected chi connectivity index (χ1v) is 9.25. The number of aliphatic hydroxyl groups is 1. The Hall–Kier alpha value is -2.40. The van der Waals surface area contributed by atoms with E-state index in [2.05, 4.69) is 12.1 Å². The lowest BCUT2D eigenvalue weighted by atomic mass is 9.76. The molecule has 1 aliphatic heterocycles. The van der Waals surface area contributed by atoms with E-state index in [0.29, 0.717) is 23.4 Å². The summed E-state index contributed by atoms with van der Waals surface area (Å²) in [5, 5.41) is 21.2. The summed E-state index contributed by atoms with van der Waals surface area (Å²) in [5.74, 6) is -0.0637. The summed E-state index contributed by atoms with van der Waals surface area (Å²) in [4.78, 5) is 14.6. The van der Waals surface area contributed by atoms with Crippen LogP contribution < -0.4 is 4.73 Å². The number of amides is 1. The van der Waals surface area contributed by atoms with E-state index in [0.717, 1.165) is 32.1 Å². The van der Waals surface area contributed by atoms with Crippen LogP contribution in [0.25, 0.3) is 0 Å².